The Morgan fingerprint density at radius 2 is 1.59 bits per heavy atom. The van der Waals surface area contributed by atoms with Crippen molar-refractivity contribution in [3.63, 3.8) is 0 Å². The molecule has 2 bridgehead atoms. The Kier molecular flexibility index (Phi) is 6.85. The zero-order chi connectivity index (χ0) is 22.5. The third kappa shape index (κ3) is 4.99. The molecule has 4 aliphatic rings. The summed E-state index contributed by atoms with van der Waals surface area (Å²) in [5.74, 6) is -2.25. The van der Waals surface area contributed by atoms with Crippen LogP contribution in [0.5, 0.6) is 0 Å². The molecule has 0 radical (unpaired) electrons. The Morgan fingerprint density at radius 1 is 0.969 bits per heavy atom. The first kappa shape index (κ1) is 22.0. The zero-order valence-electron chi connectivity index (χ0n) is 17.9. The largest absolute Gasteiger partial charge is 0.481 e. The molecule has 0 spiro atoms. The Hall–Kier alpha value is -3.19. The maximum atomic E-state index is 11.9. The van der Waals surface area contributed by atoms with Gasteiger partial charge in [0.25, 0.3) is 0 Å². The lowest BCUT2D eigenvalue weighted by Gasteiger charge is -2.43. The molecule has 1 amide bonds. The van der Waals surface area contributed by atoms with Crippen molar-refractivity contribution in [1.29, 1.82) is 0 Å². The third-order valence-corrected chi connectivity index (χ3v) is 6.54. The molecular weight excluding hydrogens is 408 g/mol. The Bertz CT molecular complexity index is 941. The van der Waals surface area contributed by atoms with E-state index in [1.807, 2.05) is 60.7 Å². The normalized spacial score (nSPS) is 28.2. The lowest BCUT2D eigenvalue weighted by molar-refractivity contribution is -0.145. The van der Waals surface area contributed by atoms with Crippen LogP contribution in [0.25, 0.3) is 0 Å². The van der Waals surface area contributed by atoms with Gasteiger partial charge in [-0.05, 0) is 49.5 Å². The van der Waals surface area contributed by atoms with Crippen LogP contribution in [0.2, 0.25) is 0 Å². The van der Waals surface area contributed by atoms with Crippen LogP contribution in [0.4, 0.5) is 0 Å². The summed E-state index contributed by atoms with van der Waals surface area (Å²) >= 11 is 0. The molecule has 3 atom stereocenters. The SMILES string of the molecule is O=C(O)C1C(=O)NC[C@H]1c1ccccc1.O=C(O[C@@H]1CN2CCC1CC2)c1ccccc1. The average Bonchev–Trinajstić information content (AvgIpc) is 3.23. The minimum Gasteiger partial charge on any atom is -0.481 e. The molecule has 32 heavy (non-hydrogen) atoms. The van der Waals surface area contributed by atoms with E-state index in [9.17, 15) is 14.4 Å². The highest BCUT2D eigenvalue weighted by Gasteiger charge is 2.41. The quantitative estimate of drug-likeness (QED) is 0.565. The number of ether oxygens (including phenoxy) is 1. The molecule has 7 heteroatoms. The number of carboxylic acid groups (broad SMARTS) is 1. The number of carbonyl (C=O) groups excluding carboxylic acids is 2. The van der Waals surface area contributed by atoms with Crippen LogP contribution >= 0.6 is 0 Å². The number of carboxylic acids is 1. The maximum absolute atomic E-state index is 11.9. The number of amides is 1. The summed E-state index contributed by atoms with van der Waals surface area (Å²) in [6.45, 7) is 3.66. The molecule has 0 aliphatic carbocycles. The van der Waals surface area contributed by atoms with Crippen molar-refractivity contribution in [2.24, 2.45) is 11.8 Å². The fraction of sp³-hybridized carbons (Fsp3) is 0.400. The van der Waals surface area contributed by atoms with Crippen LogP contribution in [0.1, 0.15) is 34.7 Å². The number of rotatable bonds is 4. The maximum Gasteiger partial charge on any atom is 0.338 e. The number of esters is 1. The Balaban J connectivity index is 0.000000155. The van der Waals surface area contributed by atoms with Crippen LogP contribution in [-0.4, -0.2) is 60.1 Å². The summed E-state index contributed by atoms with van der Waals surface area (Å²) in [5, 5.41) is 11.5. The summed E-state index contributed by atoms with van der Waals surface area (Å²) < 4.78 is 5.63. The number of carbonyl (C=O) groups is 3. The van der Waals surface area contributed by atoms with Gasteiger partial charge < -0.3 is 15.2 Å². The molecule has 1 unspecified atom stereocenters. The number of hydrogen-bond donors (Lipinski definition) is 2. The van der Waals surface area contributed by atoms with Crippen LogP contribution in [-0.2, 0) is 14.3 Å². The minimum absolute atomic E-state index is 0.102. The van der Waals surface area contributed by atoms with Crippen LogP contribution in [0.3, 0.4) is 0 Å². The van der Waals surface area contributed by atoms with E-state index in [2.05, 4.69) is 10.2 Å². The first-order valence-electron chi connectivity index (χ1n) is 11.1. The molecule has 0 aromatic heterocycles. The highest BCUT2D eigenvalue weighted by atomic mass is 16.5. The van der Waals surface area contributed by atoms with Crippen molar-refractivity contribution in [3.8, 4) is 0 Å². The third-order valence-electron chi connectivity index (χ3n) is 6.54. The smallest absolute Gasteiger partial charge is 0.338 e. The standard InChI is InChI=1S/C14H17NO2.C11H11NO3/c16-14(12-4-2-1-3-5-12)17-13-10-15-8-6-11(13)7-9-15;13-10-9(11(14)15)8(6-12-10)7-4-2-1-3-5-7/h1-5,11,13H,6-10H2;1-5,8-9H,6H2,(H,12,13)(H,14,15)/t13-;8-,9?/m10/s1. The second-order valence-corrected chi connectivity index (χ2v) is 8.53. The molecule has 7 nitrogen and oxygen atoms in total. The van der Waals surface area contributed by atoms with Crippen molar-refractivity contribution in [1.82, 2.24) is 10.2 Å². The number of aliphatic carboxylic acids is 1. The van der Waals surface area contributed by atoms with Gasteiger partial charge in [-0.15, -0.1) is 0 Å². The minimum atomic E-state index is -1.06. The summed E-state index contributed by atoms with van der Waals surface area (Å²) in [5.41, 5.74) is 1.55. The van der Waals surface area contributed by atoms with Crippen molar-refractivity contribution in [2.75, 3.05) is 26.2 Å². The van der Waals surface area contributed by atoms with Gasteiger partial charge in [0, 0.05) is 19.0 Å². The van der Waals surface area contributed by atoms with Gasteiger partial charge in [0.1, 0.15) is 12.0 Å². The number of benzene rings is 2. The van der Waals surface area contributed by atoms with Crippen LogP contribution < -0.4 is 5.32 Å². The van der Waals surface area contributed by atoms with Crippen molar-refractivity contribution in [3.05, 3.63) is 71.8 Å². The summed E-state index contributed by atoms with van der Waals surface area (Å²) in [6.07, 6.45) is 2.45. The summed E-state index contributed by atoms with van der Waals surface area (Å²) in [4.78, 5) is 36.6. The lowest BCUT2D eigenvalue weighted by Crippen LogP contribution is -2.51. The van der Waals surface area contributed by atoms with Crippen molar-refractivity contribution in [2.45, 2.75) is 24.9 Å². The van der Waals surface area contributed by atoms with Gasteiger partial charge in [-0.2, -0.15) is 0 Å². The van der Waals surface area contributed by atoms with Gasteiger partial charge in [-0.3, -0.25) is 14.5 Å². The van der Waals surface area contributed by atoms with Gasteiger partial charge in [0.15, 0.2) is 0 Å². The van der Waals surface area contributed by atoms with E-state index in [0.29, 0.717) is 18.0 Å². The topological polar surface area (TPSA) is 95.9 Å². The molecule has 2 aromatic carbocycles. The van der Waals surface area contributed by atoms with E-state index in [-0.39, 0.29) is 18.0 Å². The van der Waals surface area contributed by atoms with Crippen molar-refractivity contribution < 1.29 is 24.2 Å². The zero-order valence-corrected chi connectivity index (χ0v) is 17.9. The van der Waals surface area contributed by atoms with Gasteiger partial charge in [0.2, 0.25) is 5.91 Å². The van der Waals surface area contributed by atoms with E-state index in [0.717, 1.165) is 12.1 Å². The van der Waals surface area contributed by atoms with E-state index in [1.165, 1.54) is 25.9 Å². The molecule has 168 valence electrons. The number of nitrogens with one attached hydrogen (secondary N) is 1. The van der Waals surface area contributed by atoms with Gasteiger partial charge >= 0.3 is 11.9 Å². The van der Waals surface area contributed by atoms with E-state index in [1.54, 1.807) is 0 Å². The van der Waals surface area contributed by atoms with Crippen molar-refractivity contribution >= 4 is 17.8 Å². The Morgan fingerprint density at radius 3 is 2.16 bits per heavy atom. The van der Waals surface area contributed by atoms with Gasteiger partial charge in [0.05, 0.1) is 5.56 Å². The second-order valence-electron chi connectivity index (χ2n) is 8.53. The summed E-state index contributed by atoms with van der Waals surface area (Å²) in [6, 6.07) is 18.5. The van der Waals surface area contributed by atoms with Gasteiger partial charge in [-0.1, -0.05) is 48.5 Å². The van der Waals surface area contributed by atoms with Gasteiger partial charge in [-0.25, -0.2) is 4.79 Å². The molecule has 4 heterocycles. The predicted molar refractivity (Wildman–Crippen MR) is 118 cm³/mol. The number of piperidine rings is 3. The van der Waals surface area contributed by atoms with E-state index in [4.69, 9.17) is 9.84 Å². The Labute approximate surface area is 187 Å². The predicted octanol–water partition coefficient (Wildman–Crippen LogP) is 2.54. The fourth-order valence-electron chi connectivity index (χ4n) is 4.74. The molecule has 4 saturated heterocycles. The molecule has 0 saturated carbocycles. The first-order valence-corrected chi connectivity index (χ1v) is 11.1. The van der Waals surface area contributed by atoms with Crippen LogP contribution in [0, 0.1) is 11.8 Å². The molecule has 4 aliphatic heterocycles. The van der Waals surface area contributed by atoms with E-state index >= 15 is 0 Å². The highest BCUT2D eigenvalue weighted by Crippen LogP contribution is 2.30. The number of nitrogens with zero attached hydrogens (tertiary/aromatic N) is 1. The summed E-state index contributed by atoms with van der Waals surface area (Å²) in [7, 11) is 0. The van der Waals surface area contributed by atoms with E-state index < -0.39 is 17.8 Å². The monoisotopic (exact) mass is 436 g/mol. The molecular formula is C25H28N2O5. The fourth-order valence-corrected chi connectivity index (χ4v) is 4.74. The number of fused-ring (bicyclic) bond motifs is 3. The lowest BCUT2D eigenvalue weighted by atomic mass is 9.86. The molecule has 2 N–H and O–H groups in total. The molecule has 6 rings (SSSR count). The molecule has 4 fully saturated rings. The average molecular weight is 437 g/mol. The first-order chi connectivity index (χ1) is 15.5. The molecule has 2 aromatic rings. The van der Waals surface area contributed by atoms with Crippen LogP contribution in [0.15, 0.2) is 60.7 Å². The highest BCUT2D eigenvalue weighted by molar-refractivity contribution is 5.99. The second kappa shape index (κ2) is 9.96. The number of hydrogen-bond acceptors (Lipinski definition) is 5.